The van der Waals surface area contributed by atoms with Crippen molar-refractivity contribution in [2.45, 2.75) is 6.92 Å². The van der Waals surface area contributed by atoms with E-state index < -0.39 is 0 Å². The van der Waals surface area contributed by atoms with Crippen LogP contribution in [0.1, 0.15) is 5.56 Å². The zero-order chi connectivity index (χ0) is 38.3. The van der Waals surface area contributed by atoms with Gasteiger partial charge in [0, 0.05) is 24.2 Å². The number of imidazole rings is 1. The Balaban J connectivity index is 0.987. The SMILES string of the molecule is Cc1cccc2ccc3cccc(-c4cccc5ccc6cc(-c7ccc(-c8c9ccccc9c(-c9cn%10cccnc%10n9)c9ccccc89)cc7)ccc6c45)c3c12. The summed E-state index contributed by atoms with van der Waals surface area (Å²) in [7, 11) is 0. The predicted octanol–water partition coefficient (Wildman–Crippen LogP) is 14.6. The van der Waals surface area contributed by atoms with Gasteiger partial charge in [-0.2, -0.15) is 0 Å². The zero-order valence-corrected chi connectivity index (χ0v) is 31.8. The first-order valence-corrected chi connectivity index (χ1v) is 19.9. The number of fused-ring (bicyclic) bond motifs is 9. The maximum absolute atomic E-state index is 4.97. The van der Waals surface area contributed by atoms with Crippen molar-refractivity contribution in [3.63, 3.8) is 0 Å². The number of benzene rings is 10. The Morgan fingerprint density at radius 1 is 0.414 bits per heavy atom. The van der Waals surface area contributed by atoms with Crippen LogP contribution in [-0.4, -0.2) is 14.4 Å². The maximum Gasteiger partial charge on any atom is 0.234 e. The summed E-state index contributed by atoms with van der Waals surface area (Å²) in [6.07, 6.45) is 5.88. The Hall–Kier alpha value is -7.62. The van der Waals surface area contributed by atoms with E-state index in [2.05, 4.69) is 188 Å². The van der Waals surface area contributed by atoms with Gasteiger partial charge in [-0.15, -0.1) is 0 Å². The van der Waals surface area contributed by atoms with Crippen LogP contribution in [-0.2, 0) is 0 Å². The Morgan fingerprint density at radius 2 is 0.983 bits per heavy atom. The van der Waals surface area contributed by atoms with Crippen molar-refractivity contribution in [2.75, 3.05) is 0 Å². The maximum atomic E-state index is 4.97. The van der Waals surface area contributed by atoms with Crippen LogP contribution in [0.25, 0.3) is 115 Å². The fourth-order valence-corrected chi connectivity index (χ4v) is 9.58. The van der Waals surface area contributed by atoms with E-state index in [9.17, 15) is 0 Å². The van der Waals surface area contributed by atoms with E-state index in [1.165, 1.54) is 104 Å². The molecule has 0 saturated carbocycles. The summed E-state index contributed by atoms with van der Waals surface area (Å²) < 4.78 is 1.99. The normalized spacial score (nSPS) is 11.9. The van der Waals surface area contributed by atoms with Crippen molar-refractivity contribution in [3.05, 3.63) is 200 Å². The summed E-state index contributed by atoms with van der Waals surface area (Å²) in [5, 5.41) is 15.0. The lowest BCUT2D eigenvalue weighted by molar-refractivity contribution is 1.11. The minimum absolute atomic E-state index is 0.696. The third-order valence-electron chi connectivity index (χ3n) is 12.2. The second-order valence-electron chi connectivity index (χ2n) is 15.4. The molecule has 12 rings (SSSR count). The quantitative estimate of drug-likeness (QED) is 0.133. The molecule has 270 valence electrons. The van der Waals surface area contributed by atoms with E-state index in [4.69, 9.17) is 4.98 Å². The van der Waals surface area contributed by atoms with Gasteiger partial charge in [-0.1, -0.05) is 164 Å². The highest BCUT2D eigenvalue weighted by Crippen LogP contribution is 2.45. The first kappa shape index (κ1) is 32.6. The third kappa shape index (κ3) is 4.93. The van der Waals surface area contributed by atoms with Crippen LogP contribution in [0.5, 0.6) is 0 Å². The fraction of sp³-hybridized carbons (Fsp3) is 0.0182. The first-order valence-electron chi connectivity index (χ1n) is 19.9. The average molecular weight is 738 g/mol. The van der Waals surface area contributed by atoms with E-state index in [0.29, 0.717) is 5.78 Å². The molecule has 0 atom stereocenters. The van der Waals surface area contributed by atoms with Crippen LogP contribution in [0.4, 0.5) is 0 Å². The summed E-state index contributed by atoms with van der Waals surface area (Å²) in [5.41, 5.74) is 10.7. The van der Waals surface area contributed by atoms with Crippen LogP contribution < -0.4 is 0 Å². The summed E-state index contributed by atoms with van der Waals surface area (Å²) >= 11 is 0. The van der Waals surface area contributed by atoms with Crippen molar-refractivity contribution < 1.29 is 0 Å². The molecule has 0 spiro atoms. The van der Waals surface area contributed by atoms with Gasteiger partial charge >= 0.3 is 0 Å². The second-order valence-corrected chi connectivity index (χ2v) is 15.4. The molecule has 0 N–H and O–H groups in total. The first-order chi connectivity index (χ1) is 28.7. The van der Waals surface area contributed by atoms with Crippen molar-refractivity contribution in [3.8, 4) is 44.6 Å². The fourth-order valence-electron chi connectivity index (χ4n) is 9.58. The summed E-state index contributed by atoms with van der Waals surface area (Å²) in [5.74, 6) is 0.696. The van der Waals surface area contributed by atoms with Crippen LogP contribution in [0.15, 0.2) is 195 Å². The van der Waals surface area contributed by atoms with E-state index in [0.717, 1.165) is 11.3 Å². The lowest BCUT2D eigenvalue weighted by Gasteiger charge is -2.17. The number of aromatic nitrogens is 3. The van der Waals surface area contributed by atoms with Crippen molar-refractivity contribution in [1.82, 2.24) is 14.4 Å². The molecule has 0 aliphatic rings. The molecule has 0 radical (unpaired) electrons. The zero-order valence-electron chi connectivity index (χ0n) is 31.8. The molecule has 3 heteroatoms. The Morgan fingerprint density at radius 3 is 1.67 bits per heavy atom. The van der Waals surface area contributed by atoms with Gasteiger partial charge < -0.3 is 0 Å². The lowest BCUT2D eigenvalue weighted by Crippen LogP contribution is -1.91. The highest BCUT2D eigenvalue weighted by Gasteiger charge is 2.19. The Kier molecular flexibility index (Phi) is 7.14. The van der Waals surface area contributed by atoms with Gasteiger partial charge in [-0.25, -0.2) is 9.97 Å². The molecule has 0 fully saturated rings. The standard InChI is InChI=1S/C55H35N3/c1-34-10-6-11-36-24-25-38-13-8-19-46(53(38)50(34)36)45-18-7-12-37-26-27-41-32-40(28-29-42(41)51(37)45)35-20-22-39(23-21-35)52-43-14-2-4-16-47(43)54(48-17-5-3-15-44(48)52)49-33-58-31-9-30-56-55(58)57-49/h2-33H,1H3. The monoisotopic (exact) mass is 737 g/mol. The van der Waals surface area contributed by atoms with Crippen molar-refractivity contribution in [1.29, 1.82) is 0 Å². The third-order valence-corrected chi connectivity index (χ3v) is 12.2. The molecular formula is C55H35N3. The summed E-state index contributed by atoms with van der Waals surface area (Å²) in [6.45, 7) is 2.23. The molecular weight excluding hydrogens is 703 g/mol. The van der Waals surface area contributed by atoms with Crippen LogP contribution >= 0.6 is 0 Å². The van der Waals surface area contributed by atoms with Crippen LogP contribution in [0.2, 0.25) is 0 Å². The molecule has 2 aromatic heterocycles. The highest BCUT2D eigenvalue weighted by molar-refractivity contribution is 6.23. The lowest BCUT2D eigenvalue weighted by atomic mass is 9.87. The molecule has 10 aromatic carbocycles. The highest BCUT2D eigenvalue weighted by atomic mass is 15.1. The smallest absolute Gasteiger partial charge is 0.234 e. The van der Waals surface area contributed by atoms with E-state index >= 15 is 0 Å². The Bertz CT molecular complexity index is 3540. The van der Waals surface area contributed by atoms with Gasteiger partial charge in [0.05, 0.1) is 5.69 Å². The van der Waals surface area contributed by atoms with Gasteiger partial charge in [0.25, 0.3) is 0 Å². The summed E-state index contributed by atoms with van der Waals surface area (Å²) in [4.78, 5) is 9.47. The molecule has 0 aliphatic heterocycles. The van der Waals surface area contributed by atoms with Gasteiger partial charge in [-0.3, -0.25) is 4.40 Å². The predicted molar refractivity (Wildman–Crippen MR) is 245 cm³/mol. The topological polar surface area (TPSA) is 30.2 Å². The van der Waals surface area contributed by atoms with Crippen molar-refractivity contribution >= 4 is 70.4 Å². The van der Waals surface area contributed by atoms with Gasteiger partial charge in [-0.05, 0) is 123 Å². The average Bonchev–Trinajstić information content (AvgIpc) is 3.71. The van der Waals surface area contributed by atoms with Crippen LogP contribution in [0, 0.1) is 6.92 Å². The molecule has 3 nitrogen and oxygen atoms in total. The van der Waals surface area contributed by atoms with Crippen LogP contribution in [0.3, 0.4) is 0 Å². The van der Waals surface area contributed by atoms with E-state index in [1.807, 2.05) is 16.7 Å². The molecule has 2 heterocycles. The number of rotatable bonds is 4. The minimum Gasteiger partial charge on any atom is -0.291 e. The number of hydrogen-bond donors (Lipinski definition) is 0. The van der Waals surface area contributed by atoms with Gasteiger partial charge in [0.2, 0.25) is 5.78 Å². The molecule has 58 heavy (non-hydrogen) atoms. The van der Waals surface area contributed by atoms with E-state index in [1.54, 1.807) is 6.20 Å². The molecule has 0 unspecified atom stereocenters. The van der Waals surface area contributed by atoms with E-state index in [-0.39, 0.29) is 0 Å². The summed E-state index contributed by atoms with van der Waals surface area (Å²) in [6, 6.07) is 64.7. The number of hydrogen-bond acceptors (Lipinski definition) is 2. The number of aryl methyl sites for hydroxylation is 1. The molecule has 0 aliphatic carbocycles. The van der Waals surface area contributed by atoms with Gasteiger partial charge in [0.15, 0.2) is 0 Å². The second kappa shape index (κ2) is 12.7. The number of nitrogens with zero attached hydrogens (tertiary/aromatic N) is 3. The van der Waals surface area contributed by atoms with Gasteiger partial charge in [0.1, 0.15) is 0 Å². The largest absolute Gasteiger partial charge is 0.291 e. The minimum atomic E-state index is 0.696. The molecule has 0 amide bonds. The molecule has 0 saturated heterocycles. The molecule has 0 bridgehead atoms. The molecule has 12 aromatic rings. The Labute approximate surface area is 335 Å². The van der Waals surface area contributed by atoms with Crippen molar-refractivity contribution in [2.24, 2.45) is 0 Å².